The molecule has 158 valence electrons. The number of fused-ring (bicyclic) bond motifs is 1. The molecule has 29 heavy (non-hydrogen) atoms. The van der Waals surface area contributed by atoms with E-state index >= 15 is 0 Å². The summed E-state index contributed by atoms with van der Waals surface area (Å²) in [6, 6.07) is 21.7. The Balaban J connectivity index is 0.00000240. The predicted molar refractivity (Wildman–Crippen MR) is 120 cm³/mol. The zero-order valence-electron chi connectivity index (χ0n) is 18.2. The lowest BCUT2D eigenvalue weighted by Crippen LogP contribution is -3.00. The lowest BCUT2D eigenvalue weighted by atomic mass is 9.94. The van der Waals surface area contributed by atoms with E-state index < -0.39 is 0 Å². The predicted octanol–water partition coefficient (Wildman–Crippen LogP) is 2.46. The summed E-state index contributed by atoms with van der Waals surface area (Å²) in [7, 11) is 0. The van der Waals surface area contributed by atoms with E-state index in [0.29, 0.717) is 6.04 Å². The van der Waals surface area contributed by atoms with E-state index in [9.17, 15) is 0 Å². The fourth-order valence-corrected chi connectivity index (χ4v) is 5.92. The van der Waals surface area contributed by atoms with E-state index in [1.54, 1.807) is 11.1 Å². The zero-order valence-corrected chi connectivity index (χ0v) is 20.4. The van der Waals surface area contributed by atoms with Gasteiger partial charge in [0.15, 0.2) is 0 Å². The van der Waals surface area contributed by atoms with Crippen LogP contribution in [0.25, 0.3) is 0 Å². The van der Waals surface area contributed by atoms with Crippen LogP contribution < -0.4 is 28.9 Å². The second-order valence-electron chi connectivity index (χ2n) is 8.87. The standard InChI is InChI=1S/C26H37N2.HI/c1-3-28(4-2)19-11-10-16-26(28)17-18-27(24-14-6-5-7-15-24)25-20-22-12-8-9-13-23(22)21-25;/h5-9,12-15,25-26H,3-4,10-11,16-21H2,1-2H3;1H/q+1;/p-1. The van der Waals surface area contributed by atoms with Gasteiger partial charge in [0.25, 0.3) is 0 Å². The maximum absolute atomic E-state index is 2.73. The van der Waals surface area contributed by atoms with Gasteiger partial charge in [-0.1, -0.05) is 42.5 Å². The molecular formula is C26H37IN2. The van der Waals surface area contributed by atoms with Gasteiger partial charge in [0.2, 0.25) is 0 Å². The molecule has 1 aliphatic carbocycles. The summed E-state index contributed by atoms with van der Waals surface area (Å²) >= 11 is 0. The summed E-state index contributed by atoms with van der Waals surface area (Å²) in [5.74, 6) is 0. The Morgan fingerprint density at radius 3 is 2.10 bits per heavy atom. The summed E-state index contributed by atoms with van der Waals surface area (Å²) in [4.78, 5) is 2.73. The maximum atomic E-state index is 2.73. The van der Waals surface area contributed by atoms with Crippen molar-refractivity contribution in [3.8, 4) is 0 Å². The number of likely N-dealkylation sites (tertiary alicyclic amines) is 1. The van der Waals surface area contributed by atoms with E-state index in [1.165, 1.54) is 74.9 Å². The molecule has 0 bridgehead atoms. The lowest BCUT2D eigenvalue weighted by molar-refractivity contribution is -0.953. The number of quaternary nitrogens is 1. The van der Waals surface area contributed by atoms with E-state index in [-0.39, 0.29) is 24.0 Å². The Hall–Kier alpha value is -1.07. The summed E-state index contributed by atoms with van der Waals surface area (Å²) in [5, 5.41) is 0. The monoisotopic (exact) mass is 504 g/mol. The van der Waals surface area contributed by atoms with Crippen molar-refractivity contribution in [1.82, 2.24) is 0 Å². The van der Waals surface area contributed by atoms with Crippen molar-refractivity contribution < 1.29 is 28.5 Å². The number of para-hydroxylation sites is 1. The molecule has 1 atom stereocenters. The molecule has 0 saturated carbocycles. The first-order valence-electron chi connectivity index (χ1n) is 11.5. The molecule has 0 spiro atoms. The molecule has 3 heteroatoms. The van der Waals surface area contributed by atoms with E-state index in [1.807, 2.05) is 0 Å². The summed E-state index contributed by atoms with van der Waals surface area (Å²) in [6.45, 7) is 9.97. The highest BCUT2D eigenvalue weighted by atomic mass is 127. The number of halogens is 1. The van der Waals surface area contributed by atoms with Gasteiger partial charge in [-0.15, -0.1) is 0 Å². The van der Waals surface area contributed by atoms with Crippen LogP contribution in [0.1, 0.15) is 50.7 Å². The van der Waals surface area contributed by atoms with Gasteiger partial charge in [-0.05, 0) is 69.2 Å². The number of nitrogens with zero attached hydrogens (tertiary/aromatic N) is 2. The van der Waals surface area contributed by atoms with Gasteiger partial charge >= 0.3 is 0 Å². The Morgan fingerprint density at radius 2 is 1.48 bits per heavy atom. The molecule has 2 aromatic carbocycles. The van der Waals surface area contributed by atoms with Crippen molar-refractivity contribution in [2.45, 2.75) is 64.5 Å². The Morgan fingerprint density at radius 1 is 0.862 bits per heavy atom. The Kier molecular flexibility index (Phi) is 8.03. The van der Waals surface area contributed by atoms with Crippen LogP contribution >= 0.6 is 0 Å². The number of anilines is 1. The minimum atomic E-state index is 0. The normalized spacial score (nSPS) is 20.7. The summed E-state index contributed by atoms with van der Waals surface area (Å²) in [6.07, 6.45) is 7.95. The third-order valence-corrected chi connectivity index (χ3v) is 7.69. The summed E-state index contributed by atoms with van der Waals surface area (Å²) < 4.78 is 1.34. The first-order chi connectivity index (χ1) is 13.8. The molecule has 0 N–H and O–H groups in total. The highest BCUT2D eigenvalue weighted by Crippen LogP contribution is 2.32. The molecule has 0 radical (unpaired) electrons. The maximum Gasteiger partial charge on any atom is 0.0907 e. The van der Waals surface area contributed by atoms with E-state index in [4.69, 9.17) is 0 Å². The highest BCUT2D eigenvalue weighted by Gasteiger charge is 2.37. The Labute approximate surface area is 194 Å². The van der Waals surface area contributed by atoms with Gasteiger partial charge in [-0.2, -0.15) is 0 Å². The molecule has 1 saturated heterocycles. The van der Waals surface area contributed by atoms with Gasteiger partial charge in [-0.3, -0.25) is 0 Å². The van der Waals surface area contributed by atoms with Crippen molar-refractivity contribution in [3.63, 3.8) is 0 Å². The van der Waals surface area contributed by atoms with Crippen LogP contribution in [0.5, 0.6) is 0 Å². The van der Waals surface area contributed by atoms with Crippen molar-refractivity contribution in [2.75, 3.05) is 31.1 Å². The second-order valence-corrected chi connectivity index (χ2v) is 8.87. The van der Waals surface area contributed by atoms with Crippen LogP contribution in [0.2, 0.25) is 0 Å². The minimum Gasteiger partial charge on any atom is -1.00 e. The first-order valence-corrected chi connectivity index (χ1v) is 11.5. The van der Waals surface area contributed by atoms with Gasteiger partial charge in [0.05, 0.1) is 25.7 Å². The average Bonchev–Trinajstić information content (AvgIpc) is 3.19. The molecule has 0 amide bonds. The van der Waals surface area contributed by atoms with Gasteiger partial charge in [-0.25, -0.2) is 0 Å². The van der Waals surface area contributed by atoms with E-state index in [0.717, 1.165) is 6.04 Å². The van der Waals surface area contributed by atoms with Crippen molar-refractivity contribution in [1.29, 1.82) is 0 Å². The molecule has 1 fully saturated rings. The molecule has 4 rings (SSSR count). The fraction of sp³-hybridized carbons (Fsp3) is 0.538. The SMILES string of the molecule is CC[N+]1(CC)CCCCC1CCN(c1ccccc1)C1Cc2ccccc2C1.[I-]. The van der Waals surface area contributed by atoms with Gasteiger partial charge < -0.3 is 33.4 Å². The number of hydrogen-bond donors (Lipinski definition) is 0. The van der Waals surface area contributed by atoms with Gasteiger partial charge in [0, 0.05) is 24.7 Å². The van der Waals surface area contributed by atoms with Crippen LogP contribution in [0.4, 0.5) is 5.69 Å². The molecule has 2 aliphatic rings. The smallest absolute Gasteiger partial charge is 0.0907 e. The average molecular weight is 505 g/mol. The first kappa shape index (κ1) is 22.6. The van der Waals surface area contributed by atoms with Crippen LogP contribution in [-0.2, 0) is 12.8 Å². The molecule has 1 heterocycles. The number of piperidine rings is 1. The molecule has 1 aliphatic heterocycles. The van der Waals surface area contributed by atoms with Crippen molar-refractivity contribution in [2.24, 2.45) is 0 Å². The molecule has 0 aromatic heterocycles. The van der Waals surface area contributed by atoms with E-state index in [2.05, 4.69) is 73.3 Å². The van der Waals surface area contributed by atoms with Gasteiger partial charge in [0.1, 0.15) is 0 Å². The summed E-state index contributed by atoms with van der Waals surface area (Å²) in [5.41, 5.74) is 4.51. The highest BCUT2D eigenvalue weighted by molar-refractivity contribution is 5.49. The van der Waals surface area contributed by atoms with Crippen LogP contribution in [0.3, 0.4) is 0 Å². The molecule has 2 aromatic rings. The number of rotatable bonds is 7. The zero-order chi connectivity index (χ0) is 19.4. The number of hydrogen-bond acceptors (Lipinski definition) is 1. The van der Waals surface area contributed by atoms with Crippen molar-refractivity contribution in [3.05, 3.63) is 65.7 Å². The number of benzene rings is 2. The molecule has 2 nitrogen and oxygen atoms in total. The minimum absolute atomic E-state index is 0. The molecule has 1 unspecified atom stereocenters. The fourth-order valence-electron chi connectivity index (χ4n) is 5.92. The lowest BCUT2D eigenvalue weighted by Gasteiger charge is -2.47. The molecular weight excluding hydrogens is 467 g/mol. The largest absolute Gasteiger partial charge is 1.00 e. The quantitative estimate of drug-likeness (QED) is 0.414. The third kappa shape index (κ3) is 4.82. The third-order valence-electron chi connectivity index (χ3n) is 7.69. The Bertz CT molecular complexity index is 731. The topological polar surface area (TPSA) is 3.24 Å². The van der Waals surface area contributed by atoms with Crippen LogP contribution in [-0.4, -0.2) is 42.7 Å². The van der Waals surface area contributed by atoms with Crippen molar-refractivity contribution >= 4 is 5.69 Å². The van der Waals surface area contributed by atoms with Crippen LogP contribution in [0, 0.1) is 0 Å². The second kappa shape index (κ2) is 10.3. The van der Waals surface area contributed by atoms with Crippen LogP contribution in [0.15, 0.2) is 54.6 Å².